The topological polar surface area (TPSA) is 79.3 Å². The molecule has 0 radical (unpaired) electrons. The molecular formula is C15H33N5. The molecule has 0 rings (SSSR count). The van der Waals surface area contributed by atoms with E-state index in [9.17, 15) is 0 Å². The molecule has 6 N–H and O–H groups in total. The van der Waals surface area contributed by atoms with Gasteiger partial charge in [-0.25, -0.2) is 0 Å². The zero-order valence-corrected chi connectivity index (χ0v) is 13.2. The summed E-state index contributed by atoms with van der Waals surface area (Å²) in [5, 5.41) is 6.51. The maximum Gasteiger partial charge on any atom is 0.0328 e. The van der Waals surface area contributed by atoms with Crippen LogP contribution in [0.4, 0.5) is 0 Å². The van der Waals surface area contributed by atoms with Crippen LogP contribution in [0.3, 0.4) is 0 Å². The van der Waals surface area contributed by atoms with E-state index in [-0.39, 0.29) is 0 Å². The van der Waals surface area contributed by atoms with Crippen molar-refractivity contribution in [3.8, 4) is 0 Å². The van der Waals surface area contributed by atoms with E-state index in [0.717, 1.165) is 51.4 Å². The number of hydrogen-bond acceptors (Lipinski definition) is 5. The fraction of sp³-hybridized carbons (Fsp3) is 0.733. The number of likely N-dealkylation sites (N-methyl/N-ethyl adjacent to an activating group) is 1. The average Bonchev–Trinajstić information content (AvgIpc) is 2.46. The summed E-state index contributed by atoms with van der Waals surface area (Å²) < 4.78 is 0. The van der Waals surface area contributed by atoms with Crippen LogP contribution in [0.15, 0.2) is 23.9 Å². The Bertz CT molecular complexity index is 251. The molecule has 0 saturated heterocycles. The van der Waals surface area contributed by atoms with Crippen molar-refractivity contribution >= 4 is 0 Å². The standard InChI is InChI=1S/C15H33N5/c1-3-11-20(12-8-16)13-10-19-9-6-4-5-7-15(14-17)18-2/h4-5,7,18-19H,3,6,8-14,16-17H2,1-2H3/b5-4-,15-7-. The highest BCUT2D eigenvalue weighted by molar-refractivity contribution is 5.11. The van der Waals surface area contributed by atoms with Gasteiger partial charge in [0.1, 0.15) is 0 Å². The Kier molecular flexibility index (Phi) is 13.9. The fourth-order valence-electron chi connectivity index (χ4n) is 1.92. The largest absolute Gasteiger partial charge is 0.390 e. The van der Waals surface area contributed by atoms with E-state index in [2.05, 4.69) is 34.6 Å². The second kappa shape index (κ2) is 14.5. The molecule has 0 aromatic rings. The van der Waals surface area contributed by atoms with Crippen LogP contribution in [-0.4, -0.2) is 57.8 Å². The molecule has 0 aromatic carbocycles. The molecule has 0 spiro atoms. The van der Waals surface area contributed by atoms with Gasteiger partial charge in [-0.05, 0) is 32.0 Å². The average molecular weight is 283 g/mol. The van der Waals surface area contributed by atoms with Crippen molar-refractivity contribution < 1.29 is 0 Å². The van der Waals surface area contributed by atoms with E-state index in [1.54, 1.807) is 0 Å². The van der Waals surface area contributed by atoms with Gasteiger partial charge in [0.15, 0.2) is 0 Å². The van der Waals surface area contributed by atoms with Crippen LogP contribution in [0.2, 0.25) is 0 Å². The van der Waals surface area contributed by atoms with Gasteiger partial charge in [0.2, 0.25) is 0 Å². The van der Waals surface area contributed by atoms with Crippen molar-refractivity contribution in [1.82, 2.24) is 15.5 Å². The summed E-state index contributed by atoms with van der Waals surface area (Å²) in [6, 6.07) is 0. The first-order valence-corrected chi connectivity index (χ1v) is 7.65. The zero-order valence-electron chi connectivity index (χ0n) is 13.2. The predicted molar refractivity (Wildman–Crippen MR) is 88.6 cm³/mol. The van der Waals surface area contributed by atoms with Crippen LogP contribution in [0.25, 0.3) is 0 Å². The van der Waals surface area contributed by atoms with E-state index >= 15 is 0 Å². The third-order valence-corrected chi connectivity index (χ3v) is 3.05. The molecule has 0 aliphatic carbocycles. The molecule has 5 nitrogen and oxygen atoms in total. The Morgan fingerprint density at radius 1 is 1.15 bits per heavy atom. The molecule has 0 amide bonds. The Morgan fingerprint density at radius 3 is 2.55 bits per heavy atom. The van der Waals surface area contributed by atoms with Crippen LogP contribution in [0, 0.1) is 0 Å². The van der Waals surface area contributed by atoms with Gasteiger partial charge in [-0.1, -0.05) is 19.1 Å². The third-order valence-electron chi connectivity index (χ3n) is 3.05. The smallest absolute Gasteiger partial charge is 0.0328 e. The molecule has 0 unspecified atom stereocenters. The van der Waals surface area contributed by atoms with Gasteiger partial charge in [-0.3, -0.25) is 0 Å². The first-order chi connectivity index (χ1) is 9.78. The SMILES string of the molecule is CCCN(CCN)CCNCC/C=C\C=C(\CN)NC. The highest BCUT2D eigenvalue weighted by atomic mass is 15.1. The molecule has 0 aromatic heterocycles. The van der Waals surface area contributed by atoms with E-state index in [0.29, 0.717) is 6.54 Å². The minimum atomic E-state index is 0.549. The minimum absolute atomic E-state index is 0.549. The monoisotopic (exact) mass is 283 g/mol. The Morgan fingerprint density at radius 2 is 1.95 bits per heavy atom. The van der Waals surface area contributed by atoms with Gasteiger partial charge < -0.3 is 27.0 Å². The molecule has 0 aliphatic heterocycles. The van der Waals surface area contributed by atoms with Gasteiger partial charge in [-0.15, -0.1) is 0 Å². The quantitative estimate of drug-likeness (QED) is 0.288. The number of rotatable bonds is 13. The highest BCUT2D eigenvalue weighted by Gasteiger charge is 2.00. The van der Waals surface area contributed by atoms with Gasteiger partial charge in [0.25, 0.3) is 0 Å². The van der Waals surface area contributed by atoms with E-state index in [1.807, 2.05) is 13.1 Å². The van der Waals surface area contributed by atoms with Crippen LogP contribution in [0.1, 0.15) is 19.8 Å². The molecule has 0 bridgehead atoms. The maximum atomic E-state index is 5.60. The summed E-state index contributed by atoms with van der Waals surface area (Å²) in [5.41, 5.74) is 12.2. The number of nitrogens with two attached hydrogens (primary N) is 2. The van der Waals surface area contributed by atoms with Gasteiger partial charge in [0, 0.05) is 45.5 Å². The molecule has 118 valence electrons. The molecule has 0 atom stereocenters. The lowest BCUT2D eigenvalue weighted by atomic mass is 10.3. The van der Waals surface area contributed by atoms with Gasteiger partial charge in [-0.2, -0.15) is 0 Å². The van der Waals surface area contributed by atoms with Gasteiger partial charge >= 0.3 is 0 Å². The van der Waals surface area contributed by atoms with Crippen LogP contribution >= 0.6 is 0 Å². The molecule has 0 saturated carbocycles. The number of hydrogen-bond donors (Lipinski definition) is 4. The molecule has 5 heteroatoms. The van der Waals surface area contributed by atoms with Crippen molar-refractivity contribution in [2.45, 2.75) is 19.8 Å². The van der Waals surface area contributed by atoms with Crippen molar-refractivity contribution in [3.05, 3.63) is 23.9 Å². The summed E-state index contributed by atoms with van der Waals surface area (Å²) >= 11 is 0. The van der Waals surface area contributed by atoms with Crippen molar-refractivity contribution in [2.24, 2.45) is 11.5 Å². The first kappa shape index (κ1) is 19.1. The Labute approximate surface area is 124 Å². The van der Waals surface area contributed by atoms with E-state index in [1.165, 1.54) is 6.42 Å². The van der Waals surface area contributed by atoms with Crippen molar-refractivity contribution in [1.29, 1.82) is 0 Å². The highest BCUT2D eigenvalue weighted by Crippen LogP contribution is 1.90. The van der Waals surface area contributed by atoms with Crippen LogP contribution < -0.4 is 22.1 Å². The number of allylic oxidation sites excluding steroid dienone is 2. The lowest BCUT2D eigenvalue weighted by Gasteiger charge is -2.20. The summed E-state index contributed by atoms with van der Waals surface area (Å²) in [6.07, 6.45) is 8.44. The van der Waals surface area contributed by atoms with Crippen LogP contribution in [0.5, 0.6) is 0 Å². The lowest BCUT2D eigenvalue weighted by molar-refractivity contribution is 0.281. The van der Waals surface area contributed by atoms with Crippen LogP contribution in [-0.2, 0) is 0 Å². The second-order valence-corrected chi connectivity index (χ2v) is 4.74. The second-order valence-electron chi connectivity index (χ2n) is 4.74. The zero-order chi connectivity index (χ0) is 15.1. The fourth-order valence-corrected chi connectivity index (χ4v) is 1.92. The first-order valence-electron chi connectivity index (χ1n) is 7.65. The molecule has 0 fully saturated rings. The van der Waals surface area contributed by atoms with Crippen molar-refractivity contribution in [3.63, 3.8) is 0 Å². The molecule has 0 aliphatic rings. The van der Waals surface area contributed by atoms with E-state index < -0.39 is 0 Å². The summed E-state index contributed by atoms with van der Waals surface area (Å²) in [7, 11) is 1.89. The lowest BCUT2D eigenvalue weighted by Crippen LogP contribution is -2.36. The minimum Gasteiger partial charge on any atom is -0.390 e. The Balaban J connectivity index is 3.60. The normalized spacial score (nSPS) is 12.6. The summed E-state index contributed by atoms with van der Waals surface area (Å²) in [4.78, 5) is 2.41. The number of nitrogens with one attached hydrogen (secondary N) is 2. The summed E-state index contributed by atoms with van der Waals surface area (Å²) in [5.74, 6) is 0. The molecule has 20 heavy (non-hydrogen) atoms. The molecular weight excluding hydrogens is 250 g/mol. The van der Waals surface area contributed by atoms with Gasteiger partial charge in [0.05, 0.1) is 0 Å². The predicted octanol–water partition coefficient (Wildman–Crippen LogP) is 0.255. The maximum absolute atomic E-state index is 5.60. The third kappa shape index (κ3) is 11.0. The van der Waals surface area contributed by atoms with E-state index in [4.69, 9.17) is 11.5 Å². The number of nitrogens with zero attached hydrogens (tertiary/aromatic N) is 1. The summed E-state index contributed by atoms with van der Waals surface area (Å²) in [6.45, 7) is 8.72. The van der Waals surface area contributed by atoms with Crippen molar-refractivity contribution in [2.75, 3.05) is 52.9 Å². The Hall–Kier alpha value is -0.880. The molecule has 0 heterocycles.